The second-order valence-electron chi connectivity index (χ2n) is 5.24. The van der Waals surface area contributed by atoms with Gasteiger partial charge in [0.2, 0.25) is 0 Å². The SMILES string of the molecule is CC(N)(c1ccc(Br)cc1Cl)C1CCCCC1. The zero-order valence-corrected chi connectivity index (χ0v) is 12.5. The summed E-state index contributed by atoms with van der Waals surface area (Å²) >= 11 is 9.76. The van der Waals surface area contributed by atoms with E-state index >= 15 is 0 Å². The van der Waals surface area contributed by atoms with Gasteiger partial charge in [-0.15, -0.1) is 0 Å². The van der Waals surface area contributed by atoms with Gasteiger partial charge in [-0.1, -0.05) is 52.9 Å². The van der Waals surface area contributed by atoms with Crippen molar-refractivity contribution >= 4 is 27.5 Å². The summed E-state index contributed by atoms with van der Waals surface area (Å²) in [6.45, 7) is 2.12. The molecule has 1 aliphatic carbocycles. The van der Waals surface area contributed by atoms with E-state index in [4.69, 9.17) is 17.3 Å². The van der Waals surface area contributed by atoms with Gasteiger partial charge in [-0.05, 0) is 43.4 Å². The number of rotatable bonds is 2. The van der Waals surface area contributed by atoms with Crippen LogP contribution >= 0.6 is 27.5 Å². The maximum atomic E-state index is 6.56. The molecule has 1 unspecified atom stereocenters. The Morgan fingerprint density at radius 1 is 1.29 bits per heavy atom. The predicted molar refractivity (Wildman–Crippen MR) is 77.3 cm³/mol. The minimum Gasteiger partial charge on any atom is -0.321 e. The van der Waals surface area contributed by atoms with E-state index < -0.39 is 0 Å². The van der Waals surface area contributed by atoms with E-state index in [1.54, 1.807) is 0 Å². The number of benzene rings is 1. The van der Waals surface area contributed by atoms with Crippen molar-refractivity contribution in [1.29, 1.82) is 0 Å². The van der Waals surface area contributed by atoms with E-state index in [-0.39, 0.29) is 5.54 Å². The summed E-state index contributed by atoms with van der Waals surface area (Å²) in [5.41, 5.74) is 7.33. The summed E-state index contributed by atoms with van der Waals surface area (Å²) in [4.78, 5) is 0. The molecule has 0 radical (unpaired) electrons. The lowest BCUT2D eigenvalue weighted by atomic mass is 9.73. The molecule has 1 aliphatic rings. The van der Waals surface area contributed by atoms with Crippen LogP contribution in [0.25, 0.3) is 0 Å². The van der Waals surface area contributed by atoms with Crippen molar-refractivity contribution in [3.8, 4) is 0 Å². The zero-order chi connectivity index (χ0) is 12.5. The fourth-order valence-electron chi connectivity index (χ4n) is 2.85. The van der Waals surface area contributed by atoms with E-state index in [2.05, 4.69) is 28.9 Å². The summed E-state index contributed by atoms with van der Waals surface area (Å²) in [5.74, 6) is 0.551. The second kappa shape index (κ2) is 5.29. The molecule has 0 saturated heterocycles. The molecule has 1 saturated carbocycles. The van der Waals surface area contributed by atoms with Gasteiger partial charge in [-0.25, -0.2) is 0 Å². The minimum atomic E-state index is -0.307. The molecule has 1 fully saturated rings. The molecule has 0 amide bonds. The summed E-state index contributed by atoms with van der Waals surface area (Å²) in [7, 11) is 0. The first-order valence-corrected chi connectivity index (χ1v) is 7.43. The molecule has 3 heteroatoms. The second-order valence-corrected chi connectivity index (χ2v) is 6.56. The van der Waals surface area contributed by atoms with Gasteiger partial charge in [0.25, 0.3) is 0 Å². The third-order valence-electron chi connectivity index (χ3n) is 3.96. The number of hydrogen-bond acceptors (Lipinski definition) is 1. The zero-order valence-electron chi connectivity index (χ0n) is 10.2. The van der Waals surface area contributed by atoms with Gasteiger partial charge >= 0.3 is 0 Å². The standard InChI is InChI=1S/C14H19BrClN/c1-14(17,10-5-3-2-4-6-10)12-8-7-11(15)9-13(12)16/h7-10H,2-6,17H2,1H3. The smallest absolute Gasteiger partial charge is 0.0467 e. The topological polar surface area (TPSA) is 26.0 Å². The van der Waals surface area contributed by atoms with Crippen LogP contribution in [0.15, 0.2) is 22.7 Å². The highest BCUT2D eigenvalue weighted by Crippen LogP contribution is 2.40. The third-order valence-corrected chi connectivity index (χ3v) is 4.77. The fourth-order valence-corrected chi connectivity index (χ4v) is 3.73. The van der Waals surface area contributed by atoms with E-state index in [0.717, 1.165) is 15.1 Å². The van der Waals surface area contributed by atoms with Crippen LogP contribution < -0.4 is 5.73 Å². The molecule has 1 aromatic carbocycles. The average molecular weight is 317 g/mol. The molecule has 1 atom stereocenters. The first-order chi connectivity index (χ1) is 8.01. The Bertz CT molecular complexity index is 397. The summed E-state index contributed by atoms with van der Waals surface area (Å²) in [6.07, 6.45) is 6.39. The van der Waals surface area contributed by atoms with Crippen molar-refractivity contribution in [3.05, 3.63) is 33.3 Å². The predicted octanol–water partition coefficient (Wildman–Crippen LogP) is 4.86. The Kier molecular flexibility index (Phi) is 4.17. The Morgan fingerprint density at radius 2 is 1.94 bits per heavy atom. The Hall–Kier alpha value is -0.0500. The lowest BCUT2D eigenvalue weighted by Crippen LogP contribution is -2.42. The minimum absolute atomic E-state index is 0.307. The molecule has 1 nitrogen and oxygen atoms in total. The quantitative estimate of drug-likeness (QED) is 0.828. The first kappa shape index (κ1) is 13.4. The summed E-state index contributed by atoms with van der Waals surface area (Å²) in [5, 5.41) is 0.773. The number of hydrogen-bond donors (Lipinski definition) is 1. The molecule has 0 bridgehead atoms. The van der Waals surface area contributed by atoms with Crippen molar-refractivity contribution in [2.45, 2.75) is 44.6 Å². The van der Waals surface area contributed by atoms with Gasteiger partial charge in [0, 0.05) is 15.0 Å². The molecular formula is C14H19BrClN. The summed E-state index contributed by atoms with van der Waals surface area (Å²) in [6, 6.07) is 6.01. The molecular weight excluding hydrogens is 298 g/mol. The number of nitrogens with two attached hydrogens (primary N) is 1. The van der Waals surface area contributed by atoms with Crippen LogP contribution in [0.2, 0.25) is 5.02 Å². The van der Waals surface area contributed by atoms with Crippen molar-refractivity contribution < 1.29 is 0 Å². The molecule has 1 aromatic rings. The van der Waals surface area contributed by atoms with Gasteiger partial charge in [0.15, 0.2) is 0 Å². The largest absolute Gasteiger partial charge is 0.321 e. The fraction of sp³-hybridized carbons (Fsp3) is 0.571. The van der Waals surface area contributed by atoms with Crippen LogP contribution in [-0.2, 0) is 5.54 Å². The van der Waals surface area contributed by atoms with Crippen LogP contribution in [0.5, 0.6) is 0 Å². The third kappa shape index (κ3) is 2.86. The first-order valence-electron chi connectivity index (χ1n) is 6.26. The maximum absolute atomic E-state index is 6.56. The van der Waals surface area contributed by atoms with Crippen molar-refractivity contribution in [2.24, 2.45) is 11.7 Å². The van der Waals surface area contributed by atoms with Crippen LogP contribution in [0, 0.1) is 5.92 Å². The highest BCUT2D eigenvalue weighted by Gasteiger charge is 2.34. The molecule has 17 heavy (non-hydrogen) atoms. The van der Waals surface area contributed by atoms with Crippen molar-refractivity contribution in [2.75, 3.05) is 0 Å². The van der Waals surface area contributed by atoms with Crippen LogP contribution in [0.4, 0.5) is 0 Å². The molecule has 0 heterocycles. The molecule has 2 N–H and O–H groups in total. The molecule has 0 spiro atoms. The maximum Gasteiger partial charge on any atom is 0.0467 e. The van der Waals surface area contributed by atoms with Gasteiger partial charge in [-0.3, -0.25) is 0 Å². The highest BCUT2D eigenvalue weighted by molar-refractivity contribution is 9.10. The van der Waals surface area contributed by atoms with Crippen LogP contribution in [-0.4, -0.2) is 0 Å². The normalized spacial score (nSPS) is 21.2. The highest BCUT2D eigenvalue weighted by atomic mass is 79.9. The van der Waals surface area contributed by atoms with E-state index in [0.29, 0.717) is 5.92 Å². The summed E-state index contributed by atoms with van der Waals surface area (Å²) < 4.78 is 1.01. The van der Waals surface area contributed by atoms with Crippen LogP contribution in [0.1, 0.15) is 44.6 Å². The van der Waals surface area contributed by atoms with E-state index in [1.165, 1.54) is 32.1 Å². The average Bonchev–Trinajstić information content (AvgIpc) is 2.29. The van der Waals surface area contributed by atoms with Crippen molar-refractivity contribution in [3.63, 3.8) is 0 Å². The molecule has 0 aromatic heterocycles. The van der Waals surface area contributed by atoms with Crippen LogP contribution in [0.3, 0.4) is 0 Å². The number of halogens is 2. The van der Waals surface area contributed by atoms with E-state index in [1.807, 2.05) is 12.1 Å². The van der Waals surface area contributed by atoms with Gasteiger partial charge in [0.05, 0.1) is 0 Å². The lowest BCUT2D eigenvalue weighted by molar-refractivity contribution is 0.224. The Balaban J connectivity index is 2.29. The lowest BCUT2D eigenvalue weighted by Gasteiger charge is -2.37. The van der Waals surface area contributed by atoms with Gasteiger partial charge in [0.1, 0.15) is 0 Å². The molecule has 2 rings (SSSR count). The molecule has 0 aliphatic heterocycles. The monoisotopic (exact) mass is 315 g/mol. The van der Waals surface area contributed by atoms with E-state index in [9.17, 15) is 0 Å². The Morgan fingerprint density at radius 3 is 2.53 bits per heavy atom. The molecule has 94 valence electrons. The Labute approximate surface area is 117 Å². The van der Waals surface area contributed by atoms with Gasteiger partial charge < -0.3 is 5.73 Å². The van der Waals surface area contributed by atoms with Gasteiger partial charge in [-0.2, -0.15) is 0 Å². The van der Waals surface area contributed by atoms with Crippen molar-refractivity contribution in [1.82, 2.24) is 0 Å².